The molecule has 1 amide bonds. The Morgan fingerprint density at radius 1 is 1.32 bits per heavy atom. The van der Waals surface area contributed by atoms with Crippen LogP contribution in [0.25, 0.3) is 0 Å². The van der Waals surface area contributed by atoms with Crippen LogP contribution in [0.4, 0.5) is 5.69 Å². The summed E-state index contributed by atoms with van der Waals surface area (Å²) in [4.78, 5) is 12.1. The Hall–Kier alpha value is -2.12. The molecule has 0 saturated heterocycles. The van der Waals surface area contributed by atoms with E-state index >= 15 is 0 Å². The molecule has 1 heterocycles. The summed E-state index contributed by atoms with van der Waals surface area (Å²) in [6.45, 7) is 3.58. The molecule has 2 aromatic rings. The molecule has 0 aliphatic heterocycles. The summed E-state index contributed by atoms with van der Waals surface area (Å²) in [6, 6.07) is 7.02. The van der Waals surface area contributed by atoms with Gasteiger partial charge in [-0.05, 0) is 49.8 Å². The number of thiocarbonyl (C=S) groups is 1. The van der Waals surface area contributed by atoms with Gasteiger partial charge in [-0.15, -0.1) is 0 Å². The van der Waals surface area contributed by atoms with Crippen molar-refractivity contribution >= 4 is 40.5 Å². The molecule has 22 heavy (non-hydrogen) atoms. The van der Waals surface area contributed by atoms with Crippen molar-refractivity contribution in [2.45, 2.75) is 20.3 Å². The van der Waals surface area contributed by atoms with Crippen molar-refractivity contribution in [3.8, 4) is 0 Å². The number of amides is 1. The first-order valence-electron chi connectivity index (χ1n) is 6.59. The Bertz CT molecular complexity index is 685. The van der Waals surface area contributed by atoms with Gasteiger partial charge in [-0.25, -0.2) is 0 Å². The summed E-state index contributed by atoms with van der Waals surface area (Å²) in [5, 5.41) is 7.64. The normalized spacial score (nSPS) is 10.1. The minimum absolute atomic E-state index is 0.253. The van der Waals surface area contributed by atoms with Gasteiger partial charge >= 0.3 is 0 Å². The molecule has 0 bridgehead atoms. The smallest absolute Gasteiger partial charge is 0.275 e. The number of benzene rings is 1. The van der Waals surface area contributed by atoms with Crippen molar-refractivity contribution < 1.29 is 9.32 Å². The lowest BCUT2D eigenvalue weighted by Gasteiger charge is -2.11. The SMILES string of the molecule is CCc1noc(C)c1C(=O)NNC(=S)Nc1ccc(Cl)cc1. The number of hydrogen-bond acceptors (Lipinski definition) is 4. The first-order valence-corrected chi connectivity index (χ1v) is 7.38. The van der Waals surface area contributed by atoms with E-state index in [-0.39, 0.29) is 11.0 Å². The second-order valence-corrected chi connectivity index (χ2v) is 5.30. The van der Waals surface area contributed by atoms with Gasteiger partial charge in [-0.1, -0.05) is 23.7 Å². The highest BCUT2D eigenvalue weighted by Crippen LogP contribution is 2.14. The lowest BCUT2D eigenvalue weighted by molar-refractivity contribution is 0.0942. The van der Waals surface area contributed by atoms with Crippen LogP contribution in [0.3, 0.4) is 0 Å². The van der Waals surface area contributed by atoms with E-state index in [2.05, 4.69) is 21.3 Å². The Morgan fingerprint density at radius 3 is 2.64 bits per heavy atom. The fraction of sp³-hybridized carbons (Fsp3) is 0.214. The fourth-order valence-corrected chi connectivity index (χ4v) is 2.12. The molecule has 6 nitrogen and oxygen atoms in total. The van der Waals surface area contributed by atoms with Gasteiger partial charge in [0, 0.05) is 10.7 Å². The van der Waals surface area contributed by atoms with Crippen molar-refractivity contribution in [3.63, 3.8) is 0 Å². The maximum Gasteiger partial charge on any atom is 0.275 e. The number of hydrogen-bond donors (Lipinski definition) is 3. The summed E-state index contributed by atoms with van der Waals surface area (Å²) in [5.74, 6) is 0.114. The summed E-state index contributed by atoms with van der Waals surface area (Å²) >= 11 is 10.9. The molecular weight excluding hydrogens is 324 g/mol. The van der Waals surface area contributed by atoms with Crippen LogP contribution in [-0.2, 0) is 6.42 Å². The van der Waals surface area contributed by atoms with E-state index in [4.69, 9.17) is 28.3 Å². The summed E-state index contributed by atoms with van der Waals surface area (Å²) in [7, 11) is 0. The molecule has 3 N–H and O–H groups in total. The van der Waals surface area contributed by atoms with Gasteiger partial charge in [-0.2, -0.15) is 0 Å². The van der Waals surface area contributed by atoms with Crippen molar-refractivity contribution in [2.24, 2.45) is 0 Å². The zero-order valence-electron chi connectivity index (χ0n) is 12.1. The highest BCUT2D eigenvalue weighted by Gasteiger charge is 2.19. The number of halogens is 1. The van der Waals surface area contributed by atoms with Crippen LogP contribution in [0.15, 0.2) is 28.8 Å². The summed E-state index contributed by atoms with van der Waals surface area (Å²) in [5.41, 5.74) is 6.93. The molecule has 0 aliphatic rings. The number of rotatable bonds is 3. The Labute approximate surface area is 138 Å². The van der Waals surface area contributed by atoms with Gasteiger partial charge in [0.15, 0.2) is 5.11 Å². The zero-order chi connectivity index (χ0) is 16.1. The average molecular weight is 339 g/mol. The van der Waals surface area contributed by atoms with Gasteiger partial charge in [0.25, 0.3) is 5.91 Å². The van der Waals surface area contributed by atoms with E-state index in [0.29, 0.717) is 28.5 Å². The molecule has 1 aromatic heterocycles. The monoisotopic (exact) mass is 338 g/mol. The third-order valence-electron chi connectivity index (χ3n) is 2.89. The molecule has 0 saturated carbocycles. The second kappa shape index (κ2) is 7.24. The Morgan fingerprint density at radius 2 is 2.00 bits per heavy atom. The van der Waals surface area contributed by atoms with Crippen LogP contribution in [0, 0.1) is 6.92 Å². The highest BCUT2D eigenvalue weighted by molar-refractivity contribution is 7.80. The van der Waals surface area contributed by atoms with Crippen molar-refractivity contribution in [1.29, 1.82) is 0 Å². The standard InChI is InChI=1S/C14H15ClN4O2S/c1-3-11-12(8(2)21-19-11)13(20)17-18-14(22)16-10-6-4-9(15)5-7-10/h4-7H,3H2,1-2H3,(H,17,20)(H2,16,18,22). The van der Waals surface area contributed by atoms with Crippen molar-refractivity contribution in [3.05, 3.63) is 46.3 Å². The number of carbonyl (C=O) groups is 1. The van der Waals surface area contributed by atoms with E-state index in [9.17, 15) is 4.79 Å². The van der Waals surface area contributed by atoms with E-state index in [1.165, 1.54) is 0 Å². The number of hydrazine groups is 1. The fourth-order valence-electron chi connectivity index (χ4n) is 1.82. The van der Waals surface area contributed by atoms with Gasteiger partial charge in [0.05, 0.1) is 5.69 Å². The number of aromatic nitrogens is 1. The molecule has 0 atom stereocenters. The lowest BCUT2D eigenvalue weighted by Crippen LogP contribution is -2.44. The predicted octanol–water partition coefficient (Wildman–Crippen LogP) is 2.83. The first-order chi connectivity index (χ1) is 10.5. The Kier molecular flexibility index (Phi) is 5.35. The van der Waals surface area contributed by atoms with Crippen molar-refractivity contribution in [1.82, 2.24) is 16.0 Å². The lowest BCUT2D eigenvalue weighted by atomic mass is 10.1. The van der Waals surface area contributed by atoms with Crippen LogP contribution in [0.1, 0.15) is 28.7 Å². The number of anilines is 1. The largest absolute Gasteiger partial charge is 0.361 e. The quantitative estimate of drug-likeness (QED) is 0.590. The van der Waals surface area contributed by atoms with E-state index in [0.717, 1.165) is 5.69 Å². The number of nitrogens with zero attached hydrogens (tertiary/aromatic N) is 1. The van der Waals surface area contributed by atoms with Crippen LogP contribution in [-0.4, -0.2) is 16.2 Å². The van der Waals surface area contributed by atoms with Crippen molar-refractivity contribution in [2.75, 3.05) is 5.32 Å². The minimum atomic E-state index is -0.351. The molecule has 0 radical (unpaired) electrons. The van der Waals surface area contributed by atoms with E-state index < -0.39 is 0 Å². The maximum atomic E-state index is 12.1. The zero-order valence-corrected chi connectivity index (χ0v) is 13.6. The third kappa shape index (κ3) is 3.96. The van der Waals surface area contributed by atoms with Gasteiger partial charge in [0.2, 0.25) is 0 Å². The molecule has 2 rings (SSSR count). The van der Waals surface area contributed by atoms with E-state index in [1.807, 2.05) is 6.92 Å². The molecule has 0 aliphatic carbocycles. The minimum Gasteiger partial charge on any atom is -0.361 e. The second-order valence-electron chi connectivity index (χ2n) is 4.45. The Balaban J connectivity index is 1.92. The van der Waals surface area contributed by atoms with Gasteiger partial charge in [0.1, 0.15) is 11.3 Å². The molecule has 8 heteroatoms. The highest BCUT2D eigenvalue weighted by atomic mass is 35.5. The molecule has 0 unspecified atom stereocenters. The van der Waals surface area contributed by atoms with Crippen LogP contribution in [0.5, 0.6) is 0 Å². The number of aryl methyl sites for hydroxylation is 2. The molecular formula is C14H15ClN4O2S. The average Bonchev–Trinajstić information content (AvgIpc) is 2.88. The third-order valence-corrected chi connectivity index (χ3v) is 3.34. The van der Waals surface area contributed by atoms with Crippen LogP contribution < -0.4 is 16.2 Å². The number of carbonyl (C=O) groups excluding carboxylic acids is 1. The topological polar surface area (TPSA) is 79.2 Å². The maximum absolute atomic E-state index is 12.1. The predicted molar refractivity (Wildman–Crippen MR) is 88.9 cm³/mol. The summed E-state index contributed by atoms with van der Waals surface area (Å²) < 4.78 is 5.02. The molecule has 0 spiro atoms. The summed E-state index contributed by atoms with van der Waals surface area (Å²) in [6.07, 6.45) is 0.605. The number of nitrogens with one attached hydrogen (secondary N) is 3. The van der Waals surface area contributed by atoms with E-state index in [1.54, 1.807) is 31.2 Å². The van der Waals surface area contributed by atoms with Gasteiger partial charge in [-0.3, -0.25) is 15.6 Å². The van der Waals surface area contributed by atoms with Gasteiger partial charge < -0.3 is 9.84 Å². The first kappa shape index (κ1) is 16.3. The van der Waals surface area contributed by atoms with Crippen LogP contribution in [0.2, 0.25) is 5.02 Å². The molecule has 116 valence electrons. The molecule has 1 aromatic carbocycles. The molecule has 0 fully saturated rings. The van der Waals surface area contributed by atoms with Crippen LogP contribution >= 0.6 is 23.8 Å².